The highest BCUT2D eigenvalue weighted by molar-refractivity contribution is 5.11. The number of nitrogens with one attached hydrogen (secondary N) is 1. The van der Waals surface area contributed by atoms with Crippen LogP contribution in [-0.2, 0) is 6.42 Å². The molecule has 0 saturated heterocycles. The van der Waals surface area contributed by atoms with Crippen molar-refractivity contribution in [1.29, 1.82) is 0 Å². The molecule has 78 valence electrons. The first kappa shape index (κ1) is 11.1. The normalized spacial score (nSPS) is 15.1. The minimum absolute atomic E-state index is 0.610. The van der Waals surface area contributed by atoms with E-state index < -0.39 is 5.60 Å². The summed E-state index contributed by atoms with van der Waals surface area (Å²) in [5.41, 5.74) is 0.370. The molecule has 14 heavy (non-hydrogen) atoms. The number of aliphatic hydroxyl groups is 1. The molecule has 0 aliphatic rings. The van der Waals surface area contributed by atoms with Crippen LogP contribution in [0.25, 0.3) is 0 Å². The molecule has 2 N–H and O–H groups in total. The molecule has 0 aliphatic carbocycles. The van der Waals surface area contributed by atoms with Crippen molar-refractivity contribution in [2.45, 2.75) is 25.9 Å². The molecule has 0 aromatic carbocycles. The summed E-state index contributed by atoms with van der Waals surface area (Å²) in [6.07, 6.45) is 4.16. The fourth-order valence-corrected chi connectivity index (χ4v) is 1.40. The second kappa shape index (κ2) is 5.08. The van der Waals surface area contributed by atoms with E-state index >= 15 is 0 Å². The SMILES string of the molecule is CCNCC(C)(O)Cc1cccnc1. The van der Waals surface area contributed by atoms with Crippen molar-refractivity contribution in [3.05, 3.63) is 30.1 Å². The second-order valence-electron chi connectivity index (χ2n) is 3.82. The maximum Gasteiger partial charge on any atom is 0.0784 e. The number of hydrogen-bond acceptors (Lipinski definition) is 3. The molecule has 0 bridgehead atoms. The van der Waals surface area contributed by atoms with Crippen LogP contribution in [0.1, 0.15) is 19.4 Å². The molecule has 1 aromatic heterocycles. The van der Waals surface area contributed by atoms with Gasteiger partial charge in [-0.1, -0.05) is 13.0 Å². The van der Waals surface area contributed by atoms with Crippen LogP contribution in [0.3, 0.4) is 0 Å². The highest BCUT2D eigenvalue weighted by Crippen LogP contribution is 2.10. The van der Waals surface area contributed by atoms with E-state index in [2.05, 4.69) is 10.3 Å². The minimum Gasteiger partial charge on any atom is -0.389 e. The summed E-state index contributed by atoms with van der Waals surface area (Å²) in [4.78, 5) is 4.02. The van der Waals surface area contributed by atoms with E-state index in [1.54, 1.807) is 12.4 Å². The van der Waals surface area contributed by atoms with Crippen LogP contribution in [0.5, 0.6) is 0 Å². The molecule has 0 spiro atoms. The van der Waals surface area contributed by atoms with E-state index in [4.69, 9.17) is 0 Å². The molecule has 0 saturated carbocycles. The third-order valence-corrected chi connectivity index (χ3v) is 2.06. The van der Waals surface area contributed by atoms with Gasteiger partial charge in [0.2, 0.25) is 0 Å². The maximum absolute atomic E-state index is 10.0. The summed E-state index contributed by atoms with van der Waals surface area (Å²) in [7, 11) is 0. The first-order chi connectivity index (χ1) is 6.64. The predicted molar refractivity (Wildman–Crippen MR) is 57.1 cm³/mol. The van der Waals surface area contributed by atoms with Gasteiger partial charge >= 0.3 is 0 Å². The van der Waals surface area contributed by atoms with Gasteiger partial charge in [-0.2, -0.15) is 0 Å². The van der Waals surface area contributed by atoms with Gasteiger partial charge < -0.3 is 10.4 Å². The monoisotopic (exact) mass is 194 g/mol. The Kier molecular flexibility index (Phi) is 4.04. The highest BCUT2D eigenvalue weighted by atomic mass is 16.3. The lowest BCUT2D eigenvalue weighted by Crippen LogP contribution is -2.39. The number of nitrogens with zero attached hydrogens (tertiary/aromatic N) is 1. The topological polar surface area (TPSA) is 45.1 Å². The van der Waals surface area contributed by atoms with E-state index in [9.17, 15) is 5.11 Å². The minimum atomic E-state index is -0.695. The van der Waals surface area contributed by atoms with Gasteiger partial charge in [0.1, 0.15) is 0 Å². The van der Waals surface area contributed by atoms with Gasteiger partial charge in [0.15, 0.2) is 0 Å². The zero-order chi connectivity index (χ0) is 10.4. The van der Waals surface area contributed by atoms with Crippen molar-refractivity contribution in [2.24, 2.45) is 0 Å². The van der Waals surface area contributed by atoms with Crippen LogP contribution in [0, 0.1) is 0 Å². The van der Waals surface area contributed by atoms with Crippen molar-refractivity contribution >= 4 is 0 Å². The zero-order valence-corrected chi connectivity index (χ0v) is 8.83. The van der Waals surface area contributed by atoms with Crippen LogP contribution in [0.15, 0.2) is 24.5 Å². The van der Waals surface area contributed by atoms with Crippen molar-refractivity contribution in [2.75, 3.05) is 13.1 Å². The largest absolute Gasteiger partial charge is 0.389 e. The first-order valence-electron chi connectivity index (χ1n) is 4.96. The van der Waals surface area contributed by atoms with Crippen molar-refractivity contribution in [1.82, 2.24) is 10.3 Å². The lowest BCUT2D eigenvalue weighted by molar-refractivity contribution is 0.0607. The Hall–Kier alpha value is -0.930. The maximum atomic E-state index is 10.0. The third kappa shape index (κ3) is 3.85. The lowest BCUT2D eigenvalue weighted by atomic mass is 9.98. The van der Waals surface area contributed by atoms with Crippen molar-refractivity contribution in [3.8, 4) is 0 Å². The van der Waals surface area contributed by atoms with E-state index in [0.29, 0.717) is 13.0 Å². The van der Waals surface area contributed by atoms with Crippen LogP contribution in [0.4, 0.5) is 0 Å². The van der Waals surface area contributed by atoms with Crippen LogP contribution >= 0.6 is 0 Å². The molecule has 1 aromatic rings. The average molecular weight is 194 g/mol. The molecule has 0 amide bonds. The molecule has 0 radical (unpaired) electrons. The fourth-order valence-electron chi connectivity index (χ4n) is 1.40. The molecule has 1 heterocycles. The lowest BCUT2D eigenvalue weighted by Gasteiger charge is -2.23. The molecule has 3 heteroatoms. The molecule has 0 fully saturated rings. The summed E-state index contributed by atoms with van der Waals surface area (Å²) in [5, 5.41) is 13.1. The Balaban J connectivity index is 2.50. The van der Waals surface area contributed by atoms with E-state index in [1.165, 1.54) is 0 Å². The van der Waals surface area contributed by atoms with E-state index in [1.807, 2.05) is 26.0 Å². The molecule has 1 rings (SSSR count). The van der Waals surface area contributed by atoms with Crippen molar-refractivity contribution in [3.63, 3.8) is 0 Å². The Morgan fingerprint density at radius 2 is 2.36 bits per heavy atom. The average Bonchev–Trinajstić information content (AvgIpc) is 2.16. The summed E-state index contributed by atoms with van der Waals surface area (Å²) in [5.74, 6) is 0. The Morgan fingerprint density at radius 3 is 2.93 bits per heavy atom. The van der Waals surface area contributed by atoms with Crippen molar-refractivity contribution < 1.29 is 5.11 Å². The smallest absolute Gasteiger partial charge is 0.0784 e. The van der Waals surface area contributed by atoms with Gasteiger partial charge in [-0.25, -0.2) is 0 Å². The number of likely N-dealkylation sites (N-methyl/N-ethyl adjacent to an activating group) is 1. The number of rotatable bonds is 5. The standard InChI is InChI=1S/C11H18N2O/c1-3-12-9-11(2,14)7-10-5-4-6-13-8-10/h4-6,8,12,14H,3,7,9H2,1-2H3. The first-order valence-corrected chi connectivity index (χ1v) is 4.96. The van der Waals surface area contributed by atoms with Crippen LogP contribution in [0.2, 0.25) is 0 Å². The van der Waals surface area contributed by atoms with E-state index in [-0.39, 0.29) is 0 Å². The number of aromatic nitrogens is 1. The predicted octanol–water partition coefficient (Wildman–Crippen LogP) is 0.985. The second-order valence-corrected chi connectivity index (χ2v) is 3.82. The molecule has 1 atom stereocenters. The van der Waals surface area contributed by atoms with Gasteiger partial charge in [-0.15, -0.1) is 0 Å². The number of pyridine rings is 1. The highest BCUT2D eigenvalue weighted by Gasteiger charge is 2.19. The van der Waals surface area contributed by atoms with E-state index in [0.717, 1.165) is 12.1 Å². The van der Waals surface area contributed by atoms with Gasteiger partial charge in [-0.3, -0.25) is 4.98 Å². The Bertz CT molecular complexity index is 259. The summed E-state index contributed by atoms with van der Waals surface area (Å²) < 4.78 is 0. The van der Waals surface area contributed by atoms with Gasteiger partial charge in [0.25, 0.3) is 0 Å². The molecule has 0 aliphatic heterocycles. The van der Waals surface area contributed by atoms with Gasteiger partial charge in [0.05, 0.1) is 5.60 Å². The molecular weight excluding hydrogens is 176 g/mol. The Labute approximate surface area is 85.2 Å². The zero-order valence-electron chi connectivity index (χ0n) is 8.83. The number of hydrogen-bond donors (Lipinski definition) is 2. The molecule has 3 nitrogen and oxygen atoms in total. The summed E-state index contributed by atoms with van der Waals surface area (Å²) in [6.45, 7) is 5.35. The van der Waals surface area contributed by atoms with Gasteiger partial charge in [-0.05, 0) is 25.1 Å². The molecule has 1 unspecified atom stereocenters. The summed E-state index contributed by atoms with van der Waals surface area (Å²) >= 11 is 0. The Morgan fingerprint density at radius 1 is 1.57 bits per heavy atom. The quantitative estimate of drug-likeness (QED) is 0.734. The summed E-state index contributed by atoms with van der Waals surface area (Å²) in [6, 6.07) is 3.87. The third-order valence-electron chi connectivity index (χ3n) is 2.06. The fraction of sp³-hybridized carbons (Fsp3) is 0.545. The van der Waals surface area contributed by atoms with Crippen LogP contribution < -0.4 is 5.32 Å². The van der Waals surface area contributed by atoms with Gasteiger partial charge in [0, 0.05) is 25.4 Å². The van der Waals surface area contributed by atoms with Crippen LogP contribution in [-0.4, -0.2) is 28.8 Å². The molecular formula is C11H18N2O.